The van der Waals surface area contributed by atoms with Gasteiger partial charge in [0.1, 0.15) is 0 Å². The number of likely N-dealkylation sites (N-methyl/N-ethyl adjacent to an activating group) is 1. The summed E-state index contributed by atoms with van der Waals surface area (Å²) in [5, 5.41) is 21.0. The molecule has 2 saturated carbocycles. The van der Waals surface area contributed by atoms with Crippen LogP contribution in [0.15, 0.2) is 4.99 Å². The van der Waals surface area contributed by atoms with Crippen molar-refractivity contribution >= 4 is 17.4 Å². The van der Waals surface area contributed by atoms with E-state index in [9.17, 15) is 5.11 Å². The Balaban J connectivity index is 1.95. The van der Waals surface area contributed by atoms with Crippen LogP contribution in [0.3, 0.4) is 0 Å². The number of thiocarbonyl (C=S) groups is 1. The lowest BCUT2D eigenvalue weighted by Gasteiger charge is -2.60. The third-order valence-electron chi connectivity index (χ3n) is 8.84. The zero-order valence-corrected chi connectivity index (χ0v) is 20.2. The first-order valence-corrected chi connectivity index (χ1v) is 11.7. The summed E-state index contributed by atoms with van der Waals surface area (Å²) < 4.78 is 6.81. The van der Waals surface area contributed by atoms with Crippen LogP contribution >= 0.6 is 12.2 Å². The standard InChI is InChI=1S/C23H41N3O2S/c1-20(2,26-14-29)17-10-13-23(5,28-17)16-8-11-21(3,25-7)15-9-12-22(4,27)19(24-6)18(15)16/h15-19,24-25,27H,8-13H2,1-7H3. The lowest BCUT2D eigenvalue weighted by Crippen LogP contribution is -2.68. The lowest BCUT2D eigenvalue weighted by molar-refractivity contribution is -0.165. The van der Waals surface area contributed by atoms with Crippen molar-refractivity contribution in [2.45, 2.75) is 108 Å². The van der Waals surface area contributed by atoms with Gasteiger partial charge in [0.25, 0.3) is 0 Å². The predicted molar refractivity (Wildman–Crippen MR) is 121 cm³/mol. The number of nitrogens with one attached hydrogen (secondary N) is 2. The Bertz CT molecular complexity index is 663. The number of aliphatic hydroxyl groups is 1. The van der Waals surface area contributed by atoms with Crippen molar-refractivity contribution in [2.24, 2.45) is 22.7 Å². The lowest BCUT2D eigenvalue weighted by atomic mass is 9.51. The van der Waals surface area contributed by atoms with Gasteiger partial charge in [-0.1, -0.05) is 0 Å². The monoisotopic (exact) mass is 423 g/mol. The second-order valence-electron chi connectivity index (χ2n) is 11.0. The highest BCUT2D eigenvalue weighted by molar-refractivity contribution is 7.78. The van der Waals surface area contributed by atoms with E-state index in [4.69, 9.17) is 17.0 Å². The molecule has 0 amide bonds. The molecule has 1 heterocycles. The van der Waals surface area contributed by atoms with Gasteiger partial charge < -0.3 is 20.5 Å². The summed E-state index contributed by atoms with van der Waals surface area (Å²) in [6.45, 7) is 10.8. The number of rotatable bonds is 5. The molecule has 3 fully saturated rings. The number of isothiocyanates is 1. The fourth-order valence-corrected chi connectivity index (χ4v) is 7.11. The highest BCUT2D eigenvalue weighted by Gasteiger charge is 2.60. The molecule has 8 unspecified atom stereocenters. The Labute approximate surface area is 182 Å². The molecule has 3 N–H and O–H groups in total. The van der Waals surface area contributed by atoms with E-state index in [2.05, 4.69) is 55.5 Å². The maximum Gasteiger partial charge on any atom is 0.0915 e. The molecule has 166 valence electrons. The van der Waals surface area contributed by atoms with Gasteiger partial charge in [0, 0.05) is 11.6 Å². The molecule has 1 saturated heterocycles. The second-order valence-corrected chi connectivity index (χ2v) is 11.2. The molecule has 0 radical (unpaired) electrons. The van der Waals surface area contributed by atoms with Gasteiger partial charge >= 0.3 is 0 Å². The van der Waals surface area contributed by atoms with Crippen molar-refractivity contribution in [3.8, 4) is 0 Å². The molecule has 6 heteroatoms. The molecule has 1 aliphatic heterocycles. The van der Waals surface area contributed by atoms with Crippen molar-refractivity contribution in [2.75, 3.05) is 14.1 Å². The summed E-state index contributed by atoms with van der Waals surface area (Å²) in [5.74, 6) is 1.27. The van der Waals surface area contributed by atoms with E-state index >= 15 is 0 Å². The van der Waals surface area contributed by atoms with Crippen molar-refractivity contribution in [3.63, 3.8) is 0 Å². The van der Waals surface area contributed by atoms with Crippen LogP contribution in [0.1, 0.15) is 73.1 Å². The van der Waals surface area contributed by atoms with Gasteiger partial charge in [0.2, 0.25) is 0 Å². The van der Waals surface area contributed by atoms with Crippen LogP contribution in [-0.4, -0.2) is 58.8 Å². The van der Waals surface area contributed by atoms with E-state index in [1.54, 1.807) is 0 Å². The fraction of sp³-hybridized carbons (Fsp3) is 0.957. The number of nitrogens with zero attached hydrogens (tertiary/aromatic N) is 1. The van der Waals surface area contributed by atoms with Crippen molar-refractivity contribution in [1.82, 2.24) is 10.6 Å². The van der Waals surface area contributed by atoms with E-state index in [0.29, 0.717) is 17.8 Å². The number of fused-ring (bicyclic) bond motifs is 1. The zero-order chi connectivity index (χ0) is 21.7. The van der Waals surface area contributed by atoms with Gasteiger partial charge in [0.15, 0.2) is 0 Å². The molecule has 3 rings (SSSR count). The van der Waals surface area contributed by atoms with Gasteiger partial charge in [0.05, 0.1) is 28.0 Å². The van der Waals surface area contributed by atoms with Crippen molar-refractivity contribution in [3.05, 3.63) is 0 Å². The summed E-state index contributed by atoms with van der Waals surface area (Å²) >= 11 is 4.87. The molecule has 8 atom stereocenters. The van der Waals surface area contributed by atoms with E-state index in [0.717, 1.165) is 38.5 Å². The van der Waals surface area contributed by atoms with Crippen LogP contribution in [0.5, 0.6) is 0 Å². The molecule has 0 spiro atoms. The summed E-state index contributed by atoms with van der Waals surface area (Å²) in [6, 6.07) is 0.0608. The van der Waals surface area contributed by atoms with E-state index in [1.807, 2.05) is 14.0 Å². The van der Waals surface area contributed by atoms with E-state index in [-0.39, 0.29) is 28.8 Å². The smallest absolute Gasteiger partial charge is 0.0915 e. The third-order valence-corrected chi connectivity index (χ3v) is 8.93. The van der Waals surface area contributed by atoms with Crippen LogP contribution in [0.25, 0.3) is 0 Å². The first-order valence-electron chi connectivity index (χ1n) is 11.3. The zero-order valence-electron chi connectivity index (χ0n) is 19.3. The SMILES string of the molecule is CNC1C2C(CCC1(C)O)C(C)(NC)CCC2C1(C)CCC(C(C)(C)N=C=S)O1. The number of hydrogen-bond acceptors (Lipinski definition) is 6. The van der Waals surface area contributed by atoms with Gasteiger partial charge in [-0.05, 0) is 117 Å². The maximum absolute atomic E-state index is 11.3. The first-order chi connectivity index (χ1) is 13.4. The molecular formula is C23H41N3O2S. The molecule has 0 aromatic heterocycles. The molecule has 5 nitrogen and oxygen atoms in total. The topological polar surface area (TPSA) is 65.9 Å². The quantitative estimate of drug-likeness (QED) is 0.466. The normalized spacial score (nSPS) is 48.1. The predicted octanol–water partition coefficient (Wildman–Crippen LogP) is 3.56. The van der Waals surface area contributed by atoms with Gasteiger partial charge in [-0.2, -0.15) is 0 Å². The molecule has 0 bridgehead atoms. The van der Waals surface area contributed by atoms with Crippen molar-refractivity contribution < 1.29 is 9.84 Å². The van der Waals surface area contributed by atoms with Crippen LogP contribution in [0, 0.1) is 17.8 Å². The van der Waals surface area contributed by atoms with E-state index < -0.39 is 5.60 Å². The number of ether oxygens (including phenoxy) is 1. The highest BCUT2D eigenvalue weighted by atomic mass is 32.1. The molecular weight excluding hydrogens is 382 g/mol. The van der Waals surface area contributed by atoms with Crippen LogP contribution in [0.2, 0.25) is 0 Å². The molecule has 0 aromatic carbocycles. The maximum atomic E-state index is 11.3. The first kappa shape index (κ1) is 23.3. The Kier molecular flexibility index (Phi) is 6.40. The second kappa shape index (κ2) is 7.96. The summed E-state index contributed by atoms with van der Waals surface area (Å²) in [7, 11) is 4.09. The Hall–Kier alpha value is -0.360. The van der Waals surface area contributed by atoms with Gasteiger partial charge in [-0.15, -0.1) is 0 Å². The van der Waals surface area contributed by atoms with Crippen LogP contribution in [0.4, 0.5) is 0 Å². The number of aliphatic imine (C=N–C) groups is 1. The molecule has 2 aliphatic carbocycles. The highest BCUT2D eigenvalue weighted by Crippen LogP contribution is 2.56. The average Bonchev–Trinajstić information content (AvgIpc) is 3.05. The third kappa shape index (κ3) is 3.97. The summed E-state index contributed by atoms with van der Waals surface area (Å²) in [6.07, 6.45) is 6.19. The molecule has 29 heavy (non-hydrogen) atoms. The average molecular weight is 424 g/mol. The fourth-order valence-electron chi connectivity index (χ4n) is 6.88. The van der Waals surface area contributed by atoms with Gasteiger partial charge in [-0.3, -0.25) is 0 Å². The van der Waals surface area contributed by atoms with Crippen LogP contribution in [-0.2, 0) is 4.74 Å². The minimum Gasteiger partial charge on any atom is -0.389 e. The Morgan fingerprint density at radius 1 is 1.07 bits per heavy atom. The molecule has 0 aromatic rings. The minimum atomic E-state index is -0.699. The van der Waals surface area contributed by atoms with E-state index in [1.165, 1.54) is 0 Å². The largest absolute Gasteiger partial charge is 0.389 e. The van der Waals surface area contributed by atoms with Crippen molar-refractivity contribution in [1.29, 1.82) is 0 Å². The van der Waals surface area contributed by atoms with Crippen LogP contribution < -0.4 is 10.6 Å². The number of hydrogen-bond donors (Lipinski definition) is 3. The molecule has 3 aliphatic rings. The Morgan fingerprint density at radius 3 is 2.31 bits per heavy atom. The summed E-state index contributed by atoms with van der Waals surface area (Å²) in [5.41, 5.74) is -1.16. The Morgan fingerprint density at radius 2 is 1.72 bits per heavy atom. The minimum absolute atomic E-state index is 0.0520. The van der Waals surface area contributed by atoms with Gasteiger partial charge in [-0.25, -0.2) is 4.99 Å². The summed E-state index contributed by atoms with van der Waals surface area (Å²) in [4.78, 5) is 4.40.